The van der Waals surface area contributed by atoms with Gasteiger partial charge in [0.15, 0.2) is 5.96 Å². The van der Waals surface area contributed by atoms with E-state index in [2.05, 4.69) is 24.5 Å². The fraction of sp³-hybridized carbons (Fsp3) is 0.680. The number of ether oxygens (including phenoxy) is 1. The molecule has 7 nitrogen and oxygen atoms in total. The second-order valence-corrected chi connectivity index (χ2v) is 9.25. The Kier molecular flexibility index (Phi) is 11.0. The maximum absolute atomic E-state index is 12.8. The standard InChI is InChI=1S/C25H42N4O3/c1-6-26-25(28-15-22(11-12-30)13-18(2)3)27-14-21-7-9-23(10-8-21)24(31)29-16-19(4)32-20(5)17-29/h7-10,18-20,22,30H,6,11-17H2,1-5H3,(H2,26,27,28). The summed E-state index contributed by atoms with van der Waals surface area (Å²) in [5.74, 6) is 1.84. The van der Waals surface area contributed by atoms with Crippen LogP contribution in [0, 0.1) is 11.8 Å². The summed E-state index contributed by atoms with van der Waals surface area (Å²) in [4.78, 5) is 19.4. The summed E-state index contributed by atoms with van der Waals surface area (Å²) >= 11 is 0. The van der Waals surface area contributed by atoms with E-state index in [-0.39, 0.29) is 24.7 Å². The number of benzene rings is 1. The monoisotopic (exact) mass is 446 g/mol. The Bertz CT molecular complexity index is 710. The first-order chi connectivity index (χ1) is 15.3. The van der Waals surface area contributed by atoms with Crippen molar-refractivity contribution < 1.29 is 14.6 Å². The normalized spacial score (nSPS) is 20.3. The SMILES string of the molecule is CCNC(=NCc1ccc(C(=O)N2CC(C)OC(C)C2)cc1)NCC(CCO)CC(C)C. The van der Waals surface area contributed by atoms with Gasteiger partial charge in [-0.2, -0.15) is 0 Å². The molecule has 0 aromatic heterocycles. The molecule has 7 heteroatoms. The molecule has 0 spiro atoms. The van der Waals surface area contributed by atoms with Gasteiger partial charge in [0.05, 0.1) is 18.8 Å². The highest BCUT2D eigenvalue weighted by atomic mass is 16.5. The minimum atomic E-state index is 0.0529. The van der Waals surface area contributed by atoms with Crippen molar-refractivity contribution in [3.8, 4) is 0 Å². The van der Waals surface area contributed by atoms with E-state index in [9.17, 15) is 9.90 Å². The number of hydrogen-bond donors (Lipinski definition) is 3. The second kappa shape index (κ2) is 13.4. The first-order valence-electron chi connectivity index (χ1n) is 12.0. The highest BCUT2D eigenvalue weighted by Crippen LogP contribution is 2.16. The van der Waals surface area contributed by atoms with Crippen LogP contribution in [0.15, 0.2) is 29.3 Å². The molecule has 1 aromatic rings. The number of morpholine rings is 1. The summed E-state index contributed by atoms with van der Waals surface area (Å²) in [6.45, 7) is 14.0. The molecule has 1 fully saturated rings. The zero-order valence-electron chi connectivity index (χ0n) is 20.4. The Morgan fingerprint density at radius 2 is 1.84 bits per heavy atom. The number of aliphatic hydroxyl groups excluding tert-OH is 1. The molecular formula is C25H42N4O3. The van der Waals surface area contributed by atoms with Gasteiger partial charge in [-0.1, -0.05) is 26.0 Å². The summed E-state index contributed by atoms with van der Waals surface area (Å²) in [7, 11) is 0. The van der Waals surface area contributed by atoms with Gasteiger partial charge in [-0.05, 0) is 63.1 Å². The van der Waals surface area contributed by atoms with Crippen LogP contribution in [0.4, 0.5) is 0 Å². The smallest absolute Gasteiger partial charge is 0.254 e. The van der Waals surface area contributed by atoms with Crippen molar-refractivity contribution in [3.05, 3.63) is 35.4 Å². The first-order valence-corrected chi connectivity index (χ1v) is 12.0. The molecule has 1 saturated heterocycles. The summed E-state index contributed by atoms with van der Waals surface area (Å²) in [5, 5.41) is 16.0. The topological polar surface area (TPSA) is 86.2 Å². The van der Waals surface area contributed by atoms with Crippen LogP contribution in [0.1, 0.15) is 63.4 Å². The van der Waals surface area contributed by atoms with E-state index in [0.717, 1.165) is 37.5 Å². The Morgan fingerprint density at radius 3 is 2.41 bits per heavy atom. The van der Waals surface area contributed by atoms with Gasteiger partial charge in [-0.15, -0.1) is 0 Å². The Balaban J connectivity index is 1.95. The van der Waals surface area contributed by atoms with Crippen LogP contribution >= 0.6 is 0 Å². The zero-order chi connectivity index (χ0) is 23.5. The second-order valence-electron chi connectivity index (χ2n) is 9.25. The molecule has 3 N–H and O–H groups in total. The summed E-state index contributed by atoms with van der Waals surface area (Å²) in [5.41, 5.74) is 1.75. The summed E-state index contributed by atoms with van der Waals surface area (Å²) in [6.07, 6.45) is 1.99. The van der Waals surface area contributed by atoms with Gasteiger partial charge < -0.3 is 25.4 Å². The fourth-order valence-electron chi connectivity index (χ4n) is 4.18. The summed E-state index contributed by atoms with van der Waals surface area (Å²) < 4.78 is 5.73. The molecule has 2 rings (SSSR count). The zero-order valence-corrected chi connectivity index (χ0v) is 20.4. The van der Waals surface area contributed by atoms with Crippen LogP contribution in [0.2, 0.25) is 0 Å². The molecule has 0 aliphatic carbocycles. The fourth-order valence-corrected chi connectivity index (χ4v) is 4.18. The number of carbonyl (C=O) groups is 1. The van der Waals surface area contributed by atoms with Crippen LogP contribution in [-0.2, 0) is 11.3 Å². The molecule has 3 atom stereocenters. The Labute approximate surface area is 193 Å². The minimum Gasteiger partial charge on any atom is -0.396 e. The number of carbonyl (C=O) groups excluding carboxylic acids is 1. The van der Waals surface area contributed by atoms with E-state index >= 15 is 0 Å². The van der Waals surface area contributed by atoms with Crippen molar-refractivity contribution in [2.24, 2.45) is 16.8 Å². The number of rotatable bonds is 10. The molecule has 1 aliphatic heterocycles. The van der Waals surface area contributed by atoms with Gasteiger partial charge in [-0.25, -0.2) is 4.99 Å². The third-order valence-electron chi connectivity index (χ3n) is 5.57. The van der Waals surface area contributed by atoms with Crippen LogP contribution in [-0.4, -0.2) is 66.9 Å². The molecule has 1 heterocycles. The van der Waals surface area contributed by atoms with E-state index in [1.165, 1.54) is 0 Å². The molecule has 1 aromatic carbocycles. The minimum absolute atomic E-state index is 0.0529. The molecule has 0 radical (unpaired) electrons. The van der Waals surface area contributed by atoms with Gasteiger partial charge in [-0.3, -0.25) is 4.79 Å². The van der Waals surface area contributed by atoms with Crippen molar-refractivity contribution >= 4 is 11.9 Å². The number of aliphatic imine (C=N–C) groups is 1. The average molecular weight is 447 g/mol. The van der Waals surface area contributed by atoms with E-state index in [4.69, 9.17) is 9.73 Å². The van der Waals surface area contributed by atoms with Crippen molar-refractivity contribution in [2.75, 3.05) is 32.8 Å². The quantitative estimate of drug-likeness (QED) is 0.380. The van der Waals surface area contributed by atoms with Crippen LogP contribution in [0.3, 0.4) is 0 Å². The van der Waals surface area contributed by atoms with Gasteiger partial charge in [0.25, 0.3) is 5.91 Å². The van der Waals surface area contributed by atoms with Crippen molar-refractivity contribution in [1.82, 2.24) is 15.5 Å². The lowest BCUT2D eigenvalue weighted by atomic mass is 9.94. The van der Waals surface area contributed by atoms with Gasteiger partial charge in [0, 0.05) is 38.3 Å². The number of amides is 1. The summed E-state index contributed by atoms with van der Waals surface area (Å²) in [6, 6.07) is 7.72. The van der Waals surface area contributed by atoms with Crippen LogP contribution < -0.4 is 10.6 Å². The van der Waals surface area contributed by atoms with Gasteiger partial charge >= 0.3 is 0 Å². The number of hydrogen-bond acceptors (Lipinski definition) is 4. The first kappa shape index (κ1) is 26.1. The Hall–Kier alpha value is -2.12. The maximum atomic E-state index is 12.8. The molecule has 180 valence electrons. The molecule has 1 amide bonds. The van der Waals surface area contributed by atoms with Crippen molar-refractivity contribution in [1.29, 1.82) is 0 Å². The largest absolute Gasteiger partial charge is 0.396 e. The third kappa shape index (κ3) is 8.79. The predicted molar refractivity (Wildman–Crippen MR) is 130 cm³/mol. The molecule has 3 unspecified atom stereocenters. The molecule has 0 saturated carbocycles. The van der Waals surface area contributed by atoms with Crippen molar-refractivity contribution in [2.45, 2.75) is 66.2 Å². The molecule has 1 aliphatic rings. The van der Waals surface area contributed by atoms with E-state index in [1.54, 1.807) is 0 Å². The lowest BCUT2D eigenvalue weighted by Crippen LogP contribution is -2.48. The highest BCUT2D eigenvalue weighted by Gasteiger charge is 2.26. The average Bonchev–Trinajstić information content (AvgIpc) is 2.74. The van der Waals surface area contributed by atoms with Crippen LogP contribution in [0.5, 0.6) is 0 Å². The predicted octanol–water partition coefficient (Wildman–Crippen LogP) is 3.04. The van der Waals surface area contributed by atoms with Crippen molar-refractivity contribution in [3.63, 3.8) is 0 Å². The number of nitrogens with one attached hydrogen (secondary N) is 2. The number of aliphatic hydroxyl groups is 1. The van der Waals surface area contributed by atoms with E-state index in [0.29, 0.717) is 37.0 Å². The third-order valence-corrected chi connectivity index (χ3v) is 5.57. The maximum Gasteiger partial charge on any atom is 0.254 e. The molecule has 0 bridgehead atoms. The van der Waals surface area contributed by atoms with E-state index in [1.807, 2.05) is 49.9 Å². The highest BCUT2D eigenvalue weighted by molar-refractivity contribution is 5.94. The number of guanidine groups is 1. The van der Waals surface area contributed by atoms with E-state index < -0.39 is 0 Å². The van der Waals surface area contributed by atoms with Crippen LogP contribution in [0.25, 0.3) is 0 Å². The molecule has 32 heavy (non-hydrogen) atoms. The lowest BCUT2D eigenvalue weighted by Gasteiger charge is -2.35. The molecular weight excluding hydrogens is 404 g/mol. The Morgan fingerprint density at radius 1 is 1.19 bits per heavy atom. The lowest BCUT2D eigenvalue weighted by molar-refractivity contribution is -0.0586. The number of nitrogens with zero attached hydrogens (tertiary/aromatic N) is 2. The van der Waals surface area contributed by atoms with Gasteiger partial charge in [0.1, 0.15) is 0 Å². The van der Waals surface area contributed by atoms with Gasteiger partial charge in [0.2, 0.25) is 0 Å².